The molecule has 3 aromatic rings. The van der Waals surface area contributed by atoms with Gasteiger partial charge in [-0.3, -0.25) is 24.0 Å². The summed E-state index contributed by atoms with van der Waals surface area (Å²) in [7, 11) is 1.34. The highest BCUT2D eigenvalue weighted by atomic mass is 35.5. The van der Waals surface area contributed by atoms with Crippen LogP contribution in [0.25, 0.3) is 11.4 Å². The van der Waals surface area contributed by atoms with Crippen LogP contribution in [-0.2, 0) is 22.7 Å². The molecule has 0 aliphatic heterocycles. The molecule has 0 aliphatic carbocycles. The second-order valence-electron chi connectivity index (χ2n) is 5.83. The van der Waals surface area contributed by atoms with E-state index in [0.29, 0.717) is 23.0 Å². The SMILES string of the molecule is COC(=O)CN(Cc1ccccc1Cl)Cn1c(-c2ccccn2)csc1=O. The number of carbonyl (C=O) groups is 1. The van der Waals surface area contributed by atoms with Crippen molar-refractivity contribution in [1.82, 2.24) is 14.5 Å². The van der Waals surface area contributed by atoms with E-state index in [2.05, 4.69) is 4.98 Å². The molecule has 2 aromatic heterocycles. The van der Waals surface area contributed by atoms with Gasteiger partial charge in [0.05, 0.1) is 31.7 Å². The first-order valence-electron chi connectivity index (χ1n) is 8.21. The standard InChI is InChI=1S/C19H18ClN3O3S/c1-26-18(24)11-22(10-14-6-2-3-7-15(14)20)13-23-17(12-27-19(23)25)16-8-4-5-9-21-16/h2-9,12H,10-11,13H2,1H3. The van der Waals surface area contributed by atoms with Crippen molar-refractivity contribution in [3.63, 3.8) is 0 Å². The summed E-state index contributed by atoms with van der Waals surface area (Å²) in [5, 5.41) is 2.38. The quantitative estimate of drug-likeness (QED) is 0.566. The molecule has 0 bridgehead atoms. The molecular formula is C19H18ClN3O3S. The third-order valence-corrected chi connectivity index (χ3v) is 5.12. The van der Waals surface area contributed by atoms with Crippen LogP contribution in [0.3, 0.4) is 0 Å². The van der Waals surface area contributed by atoms with Crippen molar-refractivity contribution in [1.29, 1.82) is 0 Å². The van der Waals surface area contributed by atoms with Gasteiger partial charge >= 0.3 is 10.8 Å². The normalized spacial score (nSPS) is 10.9. The molecule has 0 radical (unpaired) electrons. The second-order valence-corrected chi connectivity index (χ2v) is 7.05. The minimum absolute atomic E-state index is 0.0334. The lowest BCUT2D eigenvalue weighted by molar-refractivity contribution is -0.142. The van der Waals surface area contributed by atoms with E-state index in [9.17, 15) is 9.59 Å². The highest BCUT2D eigenvalue weighted by Crippen LogP contribution is 2.20. The zero-order chi connectivity index (χ0) is 19.2. The third kappa shape index (κ3) is 4.82. The van der Waals surface area contributed by atoms with E-state index in [4.69, 9.17) is 16.3 Å². The number of halogens is 1. The van der Waals surface area contributed by atoms with Gasteiger partial charge in [-0.1, -0.05) is 47.2 Å². The van der Waals surface area contributed by atoms with Gasteiger partial charge in [-0.2, -0.15) is 0 Å². The van der Waals surface area contributed by atoms with Crippen molar-refractivity contribution in [2.24, 2.45) is 0 Å². The number of benzene rings is 1. The summed E-state index contributed by atoms with van der Waals surface area (Å²) in [6, 6.07) is 12.9. The molecule has 140 valence electrons. The van der Waals surface area contributed by atoms with E-state index >= 15 is 0 Å². The topological polar surface area (TPSA) is 64.4 Å². The van der Waals surface area contributed by atoms with Crippen molar-refractivity contribution in [2.75, 3.05) is 13.7 Å². The molecule has 8 heteroatoms. The van der Waals surface area contributed by atoms with Gasteiger partial charge in [0, 0.05) is 23.1 Å². The van der Waals surface area contributed by atoms with Gasteiger partial charge < -0.3 is 4.74 Å². The number of esters is 1. The molecular weight excluding hydrogens is 386 g/mol. The molecule has 0 amide bonds. The number of methoxy groups -OCH3 is 1. The monoisotopic (exact) mass is 403 g/mol. The van der Waals surface area contributed by atoms with Crippen molar-refractivity contribution in [3.05, 3.63) is 74.3 Å². The smallest absolute Gasteiger partial charge is 0.319 e. The Hall–Kier alpha value is -2.48. The Kier molecular flexibility index (Phi) is 6.39. The molecule has 0 saturated heterocycles. The zero-order valence-electron chi connectivity index (χ0n) is 14.7. The summed E-state index contributed by atoms with van der Waals surface area (Å²) < 4.78 is 6.41. The van der Waals surface area contributed by atoms with Crippen LogP contribution in [0.4, 0.5) is 0 Å². The first kappa shape index (κ1) is 19.3. The van der Waals surface area contributed by atoms with Crippen LogP contribution in [0, 0.1) is 0 Å². The lowest BCUT2D eigenvalue weighted by Gasteiger charge is -2.23. The van der Waals surface area contributed by atoms with E-state index in [0.717, 1.165) is 16.9 Å². The summed E-state index contributed by atoms with van der Waals surface area (Å²) in [5.41, 5.74) is 2.27. The molecule has 3 rings (SSSR count). The van der Waals surface area contributed by atoms with E-state index in [1.807, 2.05) is 41.3 Å². The van der Waals surface area contributed by atoms with Crippen LogP contribution in [0.2, 0.25) is 5.02 Å². The van der Waals surface area contributed by atoms with Gasteiger partial charge in [-0.25, -0.2) is 0 Å². The molecule has 6 nitrogen and oxygen atoms in total. The molecule has 0 N–H and O–H groups in total. The van der Waals surface area contributed by atoms with Crippen LogP contribution in [-0.4, -0.2) is 34.1 Å². The Balaban J connectivity index is 1.91. The number of rotatable bonds is 7. The van der Waals surface area contributed by atoms with Crippen LogP contribution < -0.4 is 4.87 Å². The Labute approximate surface area is 165 Å². The fourth-order valence-corrected chi connectivity index (χ4v) is 3.59. The van der Waals surface area contributed by atoms with Gasteiger partial charge in [0.15, 0.2) is 0 Å². The van der Waals surface area contributed by atoms with Gasteiger partial charge in [-0.15, -0.1) is 0 Å². The summed E-state index contributed by atoms with van der Waals surface area (Å²) in [5.74, 6) is -0.385. The number of thiazole rings is 1. The van der Waals surface area contributed by atoms with Gasteiger partial charge in [0.2, 0.25) is 0 Å². The van der Waals surface area contributed by atoms with Gasteiger partial charge in [0.25, 0.3) is 0 Å². The fourth-order valence-electron chi connectivity index (χ4n) is 2.65. The van der Waals surface area contributed by atoms with Crippen LogP contribution in [0.15, 0.2) is 58.8 Å². The van der Waals surface area contributed by atoms with E-state index in [1.165, 1.54) is 7.11 Å². The van der Waals surface area contributed by atoms with Crippen molar-refractivity contribution < 1.29 is 9.53 Å². The van der Waals surface area contributed by atoms with Crippen molar-refractivity contribution in [2.45, 2.75) is 13.2 Å². The van der Waals surface area contributed by atoms with E-state index < -0.39 is 0 Å². The lowest BCUT2D eigenvalue weighted by atomic mass is 10.2. The molecule has 1 aromatic carbocycles. The Bertz CT molecular complexity index is 972. The number of pyridine rings is 1. The fraction of sp³-hybridized carbons (Fsp3) is 0.211. The van der Waals surface area contributed by atoms with E-state index in [1.54, 1.807) is 22.2 Å². The number of hydrogen-bond acceptors (Lipinski definition) is 6. The minimum atomic E-state index is -0.385. The average Bonchev–Trinajstić information content (AvgIpc) is 3.04. The highest BCUT2D eigenvalue weighted by Gasteiger charge is 2.18. The molecule has 27 heavy (non-hydrogen) atoms. The summed E-state index contributed by atoms with van der Waals surface area (Å²) in [4.78, 5) is 30.3. The summed E-state index contributed by atoms with van der Waals surface area (Å²) in [6.07, 6.45) is 1.68. The first-order valence-corrected chi connectivity index (χ1v) is 9.46. The number of carbonyl (C=O) groups excluding carboxylic acids is 1. The summed E-state index contributed by atoms with van der Waals surface area (Å²) in [6.45, 7) is 0.652. The Morgan fingerprint density at radius 2 is 2.04 bits per heavy atom. The first-order chi connectivity index (χ1) is 13.1. The highest BCUT2D eigenvalue weighted by molar-refractivity contribution is 7.07. The Morgan fingerprint density at radius 1 is 1.26 bits per heavy atom. The lowest BCUT2D eigenvalue weighted by Crippen LogP contribution is -2.35. The Morgan fingerprint density at radius 3 is 2.74 bits per heavy atom. The number of nitrogens with zero attached hydrogens (tertiary/aromatic N) is 3. The predicted molar refractivity (Wildman–Crippen MR) is 106 cm³/mol. The van der Waals surface area contributed by atoms with Crippen molar-refractivity contribution >= 4 is 28.9 Å². The molecule has 2 heterocycles. The van der Waals surface area contributed by atoms with Gasteiger partial charge in [0.1, 0.15) is 0 Å². The third-order valence-electron chi connectivity index (χ3n) is 3.98. The molecule has 0 unspecified atom stereocenters. The zero-order valence-corrected chi connectivity index (χ0v) is 16.2. The van der Waals surface area contributed by atoms with Crippen LogP contribution >= 0.6 is 22.9 Å². The molecule has 0 spiro atoms. The molecule has 0 atom stereocenters. The maximum absolute atomic E-state index is 12.4. The number of ether oxygens (including phenoxy) is 1. The maximum atomic E-state index is 12.4. The maximum Gasteiger partial charge on any atom is 0.319 e. The second kappa shape index (κ2) is 8.94. The van der Waals surface area contributed by atoms with Gasteiger partial charge in [-0.05, 0) is 23.8 Å². The molecule has 0 fully saturated rings. The van der Waals surface area contributed by atoms with Crippen LogP contribution in [0.1, 0.15) is 5.56 Å². The van der Waals surface area contributed by atoms with E-state index in [-0.39, 0.29) is 24.1 Å². The number of aromatic nitrogens is 2. The largest absolute Gasteiger partial charge is 0.468 e. The van der Waals surface area contributed by atoms with Crippen molar-refractivity contribution in [3.8, 4) is 11.4 Å². The number of hydrogen-bond donors (Lipinski definition) is 0. The molecule has 0 aliphatic rings. The summed E-state index contributed by atoms with van der Waals surface area (Å²) >= 11 is 7.36. The van der Waals surface area contributed by atoms with Crippen LogP contribution in [0.5, 0.6) is 0 Å². The average molecular weight is 404 g/mol. The predicted octanol–water partition coefficient (Wildman–Crippen LogP) is 3.26. The minimum Gasteiger partial charge on any atom is -0.468 e. The molecule has 0 saturated carbocycles.